The van der Waals surface area contributed by atoms with Crippen molar-refractivity contribution in [3.05, 3.63) is 11.6 Å². The summed E-state index contributed by atoms with van der Waals surface area (Å²) in [5, 5.41) is 12.6. The summed E-state index contributed by atoms with van der Waals surface area (Å²) < 4.78 is 45.1. The monoisotopic (exact) mass is 864 g/mol. The molecule has 3 fully saturated rings. The summed E-state index contributed by atoms with van der Waals surface area (Å²) in [5.41, 5.74) is -5.99. The Hall–Kier alpha value is -3.24. The van der Waals surface area contributed by atoms with Crippen LogP contribution in [0.25, 0.3) is 0 Å². The van der Waals surface area contributed by atoms with Crippen molar-refractivity contribution in [1.82, 2.24) is 0 Å². The molecule has 0 amide bonds. The number of hydrogen-bond acceptors (Lipinski definition) is 15. The summed E-state index contributed by atoms with van der Waals surface area (Å²) >= 11 is 0. The Morgan fingerprint density at radius 1 is 0.721 bits per heavy atom. The van der Waals surface area contributed by atoms with Gasteiger partial charge in [-0.3, -0.25) is 9.59 Å². The normalized spacial score (nSPS) is 32.6. The summed E-state index contributed by atoms with van der Waals surface area (Å²) in [5.74, 6) is -4.90. The third kappa shape index (κ3) is 10.1. The Balaban J connectivity index is 1.77. The summed E-state index contributed by atoms with van der Waals surface area (Å²) in [7, 11) is 0. The second kappa shape index (κ2) is 19.7. The number of esters is 4. The maximum Gasteiger partial charge on any atom is 0.332 e. The van der Waals surface area contributed by atoms with Gasteiger partial charge in [-0.25, -0.2) is 19.2 Å². The average molecular weight is 865 g/mol. The van der Waals surface area contributed by atoms with Gasteiger partial charge in [0.15, 0.2) is 5.78 Å². The molecule has 1 N–H and O–H groups in total. The molecule has 1 unspecified atom stereocenters. The third-order valence-electron chi connectivity index (χ3n) is 14.6. The smallest absolute Gasteiger partial charge is 0.332 e. The zero-order chi connectivity index (χ0) is 45.8. The highest BCUT2D eigenvalue weighted by molar-refractivity contribution is 5.90. The lowest BCUT2D eigenvalue weighted by Gasteiger charge is -2.65. The molecule has 4 rings (SSSR count). The van der Waals surface area contributed by atoms with Crippen LogP contribution in [0.4, 0.5) is 0 Å². The van der Waals surface area contributed by atoms with Gasteiger partial charge in [0.1, 0.15) is 61.7 Å². The first-order valence-electron chi connectivity index (χ1n) is 22.0. The quantitative estimate of drug-likeness (QED) is 0.0887. The van der Waals surface area contributed by atoms with Crippen LogP contribution in [0.15, 0.2) is 11.6 Å². The van der Waals surface area contributed by atoms with Crippen molar-refractivity contribution >= 4 is 35.4 Å². The molecule has 0 saturated heterocycles. The molecule has 0 aromatic heterocycles. The molecule has 3 saturated carbocycles. The van der Waals surface area contributed by atoms with Gasteiger partial charge in [-0.15, -0.1) is 0 Å². The van der Waals surface area contributed by atoms with Gasteiger partial charge in [0.25, 0.3) is 0 Å². The molecule has 0 aromatic rings. The van der Waals surface area contributed by atoms with Crippen LogP contribution >= 0.6 is 0 Å². The van der Waals surface area contributed by atoms with Gasteiger partial charge in [-0.2, -0.15) is 0 Å². The van der Waals surface area contributed by atoms with Crippen LogP contribution in [-0.2, 0) is 66.7 Å². The molecule has 15 nitrogen and oxygen atoms in total. The van der Waals surface area contributed by atoms with Gasteiger partial charge >= 0.3 is 23.9 Å². The highest BCUT2D eigenvalue weighted by Crippen LogP contribution is 2.74. The molecule has 61 heavy (non-hydrogen) atoms. The van der Waals surface area contributed by atoms with E-state index in [-0.39, 0.29) is 76.8 Å². The molecular formula is C46H72O15. The fourth-order valence-electron chi connectivity index (χ4n) is 11.5. The van der Waals surface area contributed by atoms with Gasteiger partial charge in [0.05, 0.1) is 0 Å². The van der Waals surface area contributed by atoms with Crippen LogP contribution in [0.3, 0.4) is 0 Å². The molecule has 0 aromatic carbocycles. The Bertz CT molecular complexity index is 1660. The molecule has 0 heterocycles. The number of Topliss-reactive ketones (excluding diaryl/α,β-unsaturated/α-hetero) is 2. The first-order chi connectivity index (χ1) is 28.4. The van der Waals surface area contributed by atoms with E-state index in [9.17, 15) is 29.1 Å². The summed E-state index contributed by atoms with van der Waals surface area (Å²) in [4.78, 5) is 81.6. The molecular weight excluding hydrogens is 792 g/mol. The fraction of sp³-hybridized carbons (Fsp3) is 0.826. The van der Waals surface area contributed by atoms with Gasteiger partial charge in [-0.05, 0) is 96.8 Å². The Kier molecular flexibility index (Phi) is 16.2. The van der Waals surface area contributed by atoms with Crippen LogP contribution in [0.5, 0.6) is 0 Å². The van der Waals surface area contributed by atoms with E-state index in [1.54, 1.807) is 41.5 Å². The predicted octanol–water partition coefficient (Wildman–Crippen LogP) is 5.29. The van der Waals surface area contributed by atoms with E-state index in [2.05, 4.69) is 13.0 Å². The SMILES string of the molecule is CCOCC(=O)O[C@H]1C[C@@H]2C(=CC[C@@H]3[C@@]2(C)C(=O)C[C@]2(C)C([C@@](C)(O)C(=O)CCC(C)(C)OC(=O)COCC)[C@H](OC(=O)COCC)C[C@@]32C)C(C)(C)[C@@H]1OC(=O)COCC. The van der Waals surface area contributed by atoms with Crippen molar-refractivity contribution < 1.29 is 71.8 Å². The molecule has 4 aliphatic carbocycles. The molecule has 0 spiro atoms. The van der Waals surface area contributed by atoms with Crippen molar-refractivity contribution in [3.8, 4) is 0 Å². The van der Waals surface area contributed by atoms with Crippen LogP contribution in [0.1, 0.15) is 122 Å². The second-order valence-corrected chi connectivity index (χ2v) is 19.2. The maximum atomic E-state index is 15.3. The van der Waals surface area contributed by atoms with Crippen molar-refractivity contribution in [2.75, 3.05) is 52.9 Å². The summed E-state index contributed by atoms with van der Waals surface area (Å²) in [6.07, 6.45) is 0.0747. The fourth-order valence-corrected chi connectivity index (χ4v) is 11.5. The number of rotatable bonds is 21. The topological polar surface area (TPSA) is 196 Å². The number of aliphatic hydroxyl groups is 1. The first kappa shape index (κ1) is 50.4. The predicted molar refractivity (Wildman–Crippen MR) is 221 cm³/mol. The number of hydrogen-bond donors (Lipinski definition) is 1. The molecule has 4 aliphatic rings. The third-order valence-corrected chi connectivity index (χ3v) is 14.6. The van der Waals surface area contributed by atoms with Crippen LogP contribution in [0.2, 0.25) is 0 Å². The van der Waals surface area contributed by atoms with Crippen LogP contribution in [0, 0.1) is 39.4 Å². The Morgan fingerprint density at radius 3 is 1.74 bits per heavy atom. The van der Waals surface area contributed by atoms with Gasteiger partial charge < -0.3 is 43.0 Å². The van der Waals surface area contributed by atoms with E-state index < -0.39 is 92.7 Å². The lowest BCUT2D eigenvalue weighted by molar-refractivity contribution is -0.201. The average Bonchev–Trinajstić information content (AvgIpc) is 3.40. The lowest BCUT2D eigenvalue weighted by Crippen LogP contribution is -2.66. The van der Waals surface area contributed by atoms with E-state index in [0.29, 0.717) is 26.2 Å². The summed E-state index contributed by atoms with van der Waals surface area (Å²) in [6.45, 7) is 21.7. The number of fused-ring (bicyclic) bond motifs is 5. The molecule has 0 aliphatic heterocycles. The minimum absolute atomic E-state index is 0.0452. The number of ketones is 2. The van der Waals surface area contributed by atoms with Crippen molar-refractivity contribution in [2.24, 2.45) is 39.4 Å². The molecule has 15 heteroatoms. The standard InChI is InChI=1S/C46H72O15/c1-13-54-24-35(49)58-30-21-29-28(42(7,8)40(30)60-37(51)26-56-15-3)17-18-32-43(9)22-31(59-36(50)25-55-14-2)39(44(43,10)23-34(48)45(29,32)11)46(12,53)33(47)19-20-41(5,6)61-38(52)27-57-16-4/h17,29-32,39-40,53H,13-16,18-27H2,1-12H3/t29-,30+,31-,32+,39?,40-,43+,44-,45+,46+/m1/s1. The lowest BCUT2D eigenvalue weighted by atomic mass is 9.38. The number of carbonyl (C=O) groups is 6. The minimum Gasteiger partial charge on any atom is -0.460 e. The molecule has 0 radical (unpaired) electrons. The van der Waals surface area contributed by atoms with E-state index in [0.717, 1.165) is 5.57 Å². The highest BCUT2D eigenvalue weighted by Gasteiger charge is 2.75. The van der Waals surface area contributed by atoms with E-state index in [1.807, 2.05) is 27.7 Å². The Morgan fingerprint density at radius 2 is 1.21 bits per heavy atom. The number of allylic oxidation sites excluding steroid dienone is 1. The van der Waals surface area contributed by atoms with E-state index in [4.69, 9.17) is 37.9 Å². The maximum absolute atomic E-state index is 15.3. The van der Waals surface area contributed by atoms with Crippen molar-refractivity contribution in [2.45, 2.75) is 151 Å². The van der Waals surface area contributed by atoms with E-state index in [1.165, 1.54) is 6.92 Å². The first-order valence-corrected chi connectivity index (χ1v) is 22.0. The van der Waals surface area contributed by atoms with Gasteiger partial charge in [0.2, 0.25) is 0 Å². The van der Waals surface area contributed by atoms with Crippen molar-refractivity contribution in [3.63, 3.8) is 0 Å². The Labute approximate surface area is 361 Å². The largest absolute Gasteiger partial charge is 0.460 e. The molecule has 0 bridgehead atoms. The zero-order valence-electron chi connectivity index (χ0n) is 38.6. The van der Waals surface area contributed by atoms with Gasteiger partial charge in [-0.1, -0.05) is 46.3 Å². The second-order valence-electron chi connectivity index (χ2n) is 19.2. The highest BCUT2D eigenvalue weighted by atomic mass is 16.6. The van der Waals surface area contributed by atoms with Gasteiger partial charge in [0, 0.05) is 56.0 Å². The molecule has 346 valence electrons. The zero-order valence-corrected chi connectivity index (χ0v) is 38.6. The number of ether oxygens (including phenoxy) is 8. The van der Waals surface area contributed by atoms with Crippen LogP contribution in [-0.4, -0.2) is 123 Å². The molecule has 10 atom stereocenters. The van der Waals surface area contributed by atoms with Crippen molar-refractivity contribution in [1.29, 1.82) is 0 Å². The number of carbonyl (C=O) groups excluding carboxylic acids is 6. The van der Waals surface area contributed by atoms with E-state index >= 15 is 4.79 Å². The summed E-state index contributed by atoms with van der Waals surface area (Å²) in [6, 6.07) is 0. The van der Waals surface area contributed by atoms with Crippen LogP contribution < -0.4 is 0 Å². The minimum atomic E-state index is -2.08.